The first-order valence-corrected chi connectivity index (χ1v) is 7.41. The van der Waals surface area contributed by atoms with E-state index in [-0.39, 0.29) is 11.9 Å². The number of nitrogens with one attached hydrogen (secondary N) is 3. The summed E-state index contributed by atoms with van der Waals surface area (Å²) >= 11 is 1.48. The minimum absolute atomic E-state index is 0.0375. The number of carbonyl (C=O) groups is 1. The molecule has 0 radical (unpaired) electrons. The highest BCUT2D eigenvalue weighted by Crippen LogP contribution is 2.16. The minimum Gasteiger partial charge on any atom is -0.373 e. The molecule has 0 fully saturated rings. The van der Waals surface area contributed by atoms with E-state index in [4.69, 9.17) is 0 Å². The summed E-state index contributed by atoms with van der Waals surface area (Å²) in [5, 5.41) is 9.66. The Morgan fingerprint density at radius 3 is 2.63 bits per heavy atom. The second-order valence-electron chi connectivity index (χ2n) is 4.27. The van der Waals surface area contributed by atoms with Crippen LogP contribution in [0, 0.1) is 0 Å². The zero-order valence-electron chi connectivity index (χ0n) is 11.8. The van der Waals surface area contributed by atoms with Gasteiger partial charge in [0.1, 0.15) is 11.6 Å². The van der Waals surface area contributed by atoms with E-state index >= 15 is 0 Å². The van der Waals surface area contributed by atoms with Gasteiger partial charge in [-0.3, -0.25) is 4.79 Å². The van der Waals surface area contributed by atoms with Crippen LogP contribution in [0.4, 0.5) is 11.6 Å². The van der Waals surface area contributed by atoms with E-state index in [0.29, 0.717) is 18.1 Å². The van der Waals surface area contributed by atoms with Crippen molar-refractivity contribution in [1.29, 1.82) is 0 Å². The normalized spacial score (nSPS) is 10.4. The zero-order chi connectivity index (χ0) is 14.3. The molecule has 19 heavy (non-hydrogen) atoms. The average molecular weight is 283 g/mol. The van der Waals surface area contributed by atoms with Gasteiger partial charge in [-0.1, -0.05) is 11.8 Å². The van der Waals surface area contributed by atoms with Crippen LogP contribution in [0.1, 0.15) is 20.3 Å². The number of carbonyl (C=O) groups excluding carboxylic acids is 1. The summed E-state index contributed by atoms with van der Waals surface area (Å²) in [5.41, 5.74) is 0. The number of amides is 1. The minimum atomic E-state index is 0.0375. The molecular formula is C12H21N5OS. The molecule has 6 nitrogen and oxygen atoms in total. The Hall–Kier alpha value is -1.50. The summed E-state index contributed by atoms with van der Waals surface area (Å²) in [4.78, 5) is 20.1. The van der Waals surface area contributed by atoms with Gasteiger partial charge in [0.15, 0.2) is 5.16 Å². The van der Waals surface area contributed by atoms with Crippen molar-refractivity contribution in [1.82, 2.24) is 15.3 Å². The van der Waals surface area contributed by atoms with E-state index in [1.807, 2.05) is 33.2 Å². The fourth-order valence-corrected chi connectivity index (χ4v) is 1.81. The van der Waals surface area contributed by atoms with E-state index < -0.39 is 0 Å². The van der Waals surface area contributed by atoms with Crippen LogP contribution < -0.4 is 16.0 Å². The van der Waals surface area contributed by atoms with E-state index in [0.717, 1.165) is 11.6 Å². The second-order valence-corrected chi connectivity index (χ2v) is 5.05. The maximum atomic E-state index is 11.5. The van der Waals surface area contributed by atoms with Gasteiger partial charge in [-0.05, 0) is 20.1 Å². The van der Waals surface area contributed by atoms with Crippen molar-refractivity contribution in [3.63, 3.8) is 0 Å². The standard InChI is InChI=1S/C12H21N5OS/c1-8(2)15-11(18)5-6-14-10-7-9(13-3)16-12(17-10)19-4/h7-8H,5-6H2,1-4H3,(H,15,18)(H2,13,14,16,17). The molecule has 106 valence electrons. The first kappa shape index (κ1) is 15.6. The smallest absolute Gasteiger partial charge is 0.221 e. The summed E-state index contributed by atoms with van der Waals surface area (Å²) in [6.07, 6.45) is 2.35. The molecule has 0 spiro atoms. The first-order valence-electron chi connectivity index (χ1n) is 6.19. The summed E-state index contributed by atoms with van der Waals surface area (Å²) in [6.45, 7) is 4.44. The van der Waals surface area contributed by atoms with Crippen molar-refractivity contribution >= 4 is 29.3 Å². The largest absolute Gasteiger partial charge is 0.373 e. The predicted molar refractivity (Wildman–Crippen MR) is 79.7 cm³/mol. The summed E-state index contributed by atoms with van der Waals surface area (Å²) in [6, 6.07) is 1.99. The summed E-state index contributed by atoms with van der Waals surface area (Å²) in [5.74, 6) is 1.52. The lowest BCUT2D eigenvalue weighted by molar-refractivity contribution is -0.121. The maximum absolute atomic E-state index is 11.5. The van der Waals surface area contributed by atoms with Crippen LogP contribution >= 0.6 is 11.8 Å². The Labute approximate surface area is 118 Å². The zero-order valence-corrected chi connectivity index (χ0v) is 12.6. The lowest BCUT2D eigenvalue weighted by Gasteiger charge is -2.10. The van der Waals surface area contributed by atoms with E-state index in [9.17, 15) is 4.79 Å². The number of thioether (sulfide) groups is 1. The Balaban J connectivity index is 2.50. The molecule has 0 aromatic carbocycles. The molecule has 0 saturated heterocycles. The van der Waals surface area contributed by atoms with Crippen LogP contribution in [-0.2, 0) is 4.79 Å². The summed E-state index contributed by atoms with van der Waals surface area (Å²) in [7, 11) is 1.81. The van der Waals surface area contributed by atoms with Crippen LogP contribution in [0.15, 0.2) is 11.2 Å². The molecule has 0 aliphatic rings. The van der Waals surface area contributed by atoms with Crippen molar-refractivity contribution < 1.29 is 4.79 Å². The third kappa shape index (κ3) is 5.78. The Bertz CT molecular complexity index is 402. The fraction of sp³-hybridized carbons (Fsp3) is 0.583. The molecule has 1 aromatic heterocycles. The molecule has 3 N–H and O–H groups in total. The number of rotatable bonds is 7. The van der Waals surface area contributed by atoms with Crippen LogP contribution in [-0.4, -0.2) is 41.8 Å². The van der Waals surface area contributed by atoms with Gasteiger partial charge in [0.2, 0.25) is 5.91 Å². The van der Waals surface area contributed by atoms with Gasteiger partial charge in [-0.2, -0.15) is 0 Å². The number of aromatic nitrogens is 2. The van der Waals surface area contributed by atoms with Crippen LogP contribution in [0.2, 0.25) is 0 Å². The van der Waals surface area contributed by atoms with Crippen LogP contribution in [0.25, 0.3) is 0 Å². The van der Waals surface area contributed by atoms with Gasteiger partial charge in [-0.25, -0.2) is 9.97 Å². The average Bonchev–Trinajstić information content (AvgIpc) is 2.37. The molecule has 1 amide bonds. The van der Waals surface area contributed by atoms with Crippen molar-refractivity contribution in [3.05, 3.63) is 6.07 Å². The van der Waals surface area contributed by atoms with Crippen LogP contribution in [0.5, 0.6) is 0 Å². The molecule has 0 aliphatic heterocycles. The molecule has 1 rings (SSSR count). The third-order valence-corrected chi connectivity index (χ3v) is 2.80. The highest BCUT2D eigenvalue weighted by molar-refractivity contribution is 7.98. The number of hydrogen-bond acceptors (Lipinski definition) is 6. The van der Waals surface area contributed by atoms with Gasteiger partial charge < -0.3 is 16.0 Å². The second kappa shape index (κ2) is 7.83. The SMILES string of the molecule is CNc1cc(NCCC(=O)NC(C)C)nc(SC)n1. The molecule has 1 heterocycles. The molecule has 1 aromatic rings. The summed E-state index contributed by atoms with van der Waals surface area (Å²) < 4.78 is 0. The van der Waals surface area contributed by atoms with Crippen molar-refractivity contribution in [2.45, 2.75) is 31.5 Å². The topological polar surface area (TPSA) is 78.9 Å². The highest BCUT2D eigenvalue weighted by Gasteiger charge is 2.05. The van der Waals surface area contributed by atoms with Crippen molar-refractivity contribution in [2.24, 2.45) is 0 Å². The maximum Gasteiger partial charge on any atom is 0.221 e. The van der Waals surface area contributed by atoms with Gasteiger partial charge in [0, 0.05) is 32.1 Å². The number of anilines is 2. The number of nitrogens with zero attached hydrogens (tertiary/aromatic N) is 2. The lowest BCUT2D eigenvalue weighted by Crippen LogP contribution is -2.31. The van der Waals surface area contributed by atoms with Gasteiger partial charge in [-0.15, -0.1) is 0 Å². The quantitative estimate of drug-likeness (QED) is 0.521. The first-order chi connectivity index (χ1) is 9.05. The molecule has 7 heteroatoms. The molecule has 0 saturated carbocycles. The van der Waals surface area contributed by atoms with E-state index in [1.165, 1.54) is 11.8 Å². The lowest BCUT2D eigenvalue weighted by atomic mass is 10.3. The van der Waals surface area contributed by atoms with Gasteiger partial charge in [0.25, 0.3) is 0 Å². The van der Waals surface area contributed by atoms with E-state index in [2.05, 4.69) is 25.9 Å². The molecular weight excluding hydrogens is 262 g/mol. The molecule has 0 aliphatic carbocycles. The van der Waals surface area contributed by atoms with Crippen LogP contribution in [0.3, 0.4) is 0 Å². The van der Waals surface area contributed by atoms with Gasteiger partial charge in [0.05, 0.1) is 0 Å². The Morgan fingerprint density at radius 1 is 1.37 bits per heavy atom. The third-order valence-electron chi connectivity index (χ3n) is 2.25. The molecule has 0 atom stereocenters. The van der Waals surface area contributed by atoms with Gasteiger partial charge >= 0.3 is 0 Å². The van der Waals surface area contributed by atoms with Crippen molar-refractivity contribution in [2.75, 3.05) is 30.5 Å². The monoisotopic (exact) mass is 283 g/mol. The highest BCUT2D eigenvalue weighted by atomic mass is 32.2. The van der Waals surface area contributed by atoms with Crippen molar-refractivity contribution in [3.8, 4) is 0 Å². The number of hydrogen-bond donors (Lipinski definition) is 3. The Morgan fingerprint density at radius 2 is 2.05 bits per heavy atom. The Kier molecular flexibility index (Phi) is 6.41. The fourth-order valence-electron chi connectivity index (χ4n) is 1.43. The van der Waals surface area contributed by atoms with E-state index in [1.54, 1.807) is 0 Å². The molecule has 0 unspecified atom stereocenters. The molecule has 0 bridgehead atoms. The predicted octanol–water partition coefficient (Wildman–Crippen LogP) is 1.57.